The van der Waals surface area contributed by atoms with Crippen molar-refractivity contribution < 1.29 is 22.7 Å². The summed E-state index contributed by atoms with van der Waals surface area (Å²) in [7, 11) is -2.21. The van der Waals surface area contributed by atoms with Gasteiger partial charge in [-0.15, -0.1) is 0 Å². The Hall–Kier alpha value is -3.23. The van der Waals surface area contributed by atoms with Crippen molar-refractivity contribution in [2.45, 2.75) is 17.2 Å². The number of aliphatic imine (C=N–C) groups is 1. The van der Waals surface area contributed by atoms with Crippen LogP contribution in [0.15, 0.2) is 46.3 Å². The predicted molar refractivity (Wildman–Crippen MR) is 143 cm³/mol. The van der Waals surface area contributed by atoms with Crippen LogP contribution in [0.5, 0.6) is 5.75 Å². The zero-order valence-electron chi connectivity index (χ0n) is 21.3. The van der Waals surface area contributed by atoms with Crippen LogP contribution < -0.4 is 20.9 Å². The summed E-state index contributed by atoms with van der Waals surface area (Å²) in [6.07, 6.45) is 2.50. The number of sulfonamides is 1. The summed E-state index contributed by atoms with van der Waals surface area (Å²) in [6.45, 7) is 4.82. The van der Waals surface area contributed by atoms with Gasteiger partial charge in [0.25, 0.3) is 0 Å². The summed E-state index contributed by atoms with van der Waals surface area (Å²) < 4.78 is 34.3. The Balaban J connectivity index is 1.33. The maximum atomic E-state index is 13.0. The van der Waals surface area contributed by atoms with Crippen LogP contribution in [0.1, 0.15) is 12.0 Å². The third-order valence-corrected chi connectivity index (χ3v) is 8.04. The first-order chi connectivity index (χ1) is 18.2. The fraction of sp³-hybridized carbons (Fsp3) is 0.440. The monoisotopic (exact) mass is 543 g/mol. The fourth-order valence-corrected chi connectivity index (χ4v) is 5.51. The molecule has 2 saturated heterocycles. The lowest BCUT2D eigenvalue weighted by atomic mass is 10.00. The smallest absolute Gasteiger partial charge is 0.320 e. The van der Waals surface area contributed by atoms with Crippen molar-refractivity contribution in [1.29, 1.82) is 0 Å². The maximum absolute atomic E-state index is 13.0. The normalized spacial score (nSPS) is 22.4. The molecule has 0 spiro atoms. The molecule has 2 aromatic rings. The Bertz CT molecular complexity index is 1330. The number of rotatable bonds is 4. The van der Waals surface area contributed by atoms with E-state index in [0.717, 1.165) is 28.8 Å². The molecule has 3 aliphatic rings. The zero-order chi connectivity index (χ0) is 26.9. The summed E-state index contributed by atoms with van der Waals surface area (Å²) in [6, 6.07) is 10.1. The molecule has 0 radical (unpaired) electrons. The van der Waals surface area contributed by atoms with Gasteiger partial charge in [-0.3, -0.25) is 5.73 Å². The molecule has 38 heavy (non-hydrogen) atoms. The summed E-state index contributed by atoms with van der Waals surface area (Å²) in [5.41, 5.74) is 9.88. The number of anilines is 1. The van der Waals surface area contributed by atoms with Crippen molar-refractivity contribution in [3.63, 3.8) is 0 Å². The predicted octanol–water partition coefficient (Wildman–Crippen LogP) is 0.884. The first kappa shape index (κ1) is 26.4. The van der Waals surface area contributed by atoms with E-state index in [2.05, 4.69) is 10.3 Å². The van der Waals surface area contributed by atoms with Gasteiger partial charge in [0.1, 0.15) is 5.75 Å². The lowest BCUT2D eigenvalue weighted by Gasteiger charge is -2.40. The number of benzene rings is 2. The van der Waals surface area contributed by atoms with Crippen molar-refractivity contribution in [2.24, 2.45) is 15.9 Å². The van der Waals surface area contributed by atoms with Gasteiger partial charge in [-0.1, -0.05) is 12.1 Å². The number of nitrogens with two attached hydrogens (primary N) is 2. The van der Waals surface area contributed by atoms with Gasteiger partial charge in [0.2, 0.25) is 15.9 Å². The molecular formula is C25H33N7O5S. The molecule has 0 aliphatic carbocycles. The lowest BCUT2D eigenvalue weighted by molar-refractivity contribution is 0.0432. The van der Waals surface area contributed by atoms with Crippen LogP contribution in [0, 0.1) is 0 Å². The quantitative estimate of drug-likeness (QED) is 0.513. The summed E-state index contributed by atoms with van der Waals surface area (Å²) in [4.78, 5) is 23.4. The molecule has 3 heterocycles. The van der Waals surface area contributed by atoms with Crippen LogP contribution in [0.2, 0.25) is 0 Å². The molecular weight excluding hydrogens is 510 g/mol. The molecule has 2 fully saturated rings. The number of urea groups is 1. The molecule has 2 aromatic carbocycles. The van der Waals surface area contributed by atoms with E-state index in [-0.39, 0.29) is 10.9 Å². The Kier molecular flexibility index (Phi) is 7.29. The fourth-order valence-electron chi connectivity index (χ4n) is 4.99. The Labute approximate surface area is 222 Å². The van der Waals surface area contributed by atoms with E-state index in [1.807, 2.05) is 26.8 Å². The molecule has 5 rings (SSSR count). The number of ether oxygens (including phenoxy) is 2. The van der Waals surface area contributed by atoms with Gasteiger partial charge in [-0.05, 0) is 30.2 Å². The van der Waals surface area contributed by atoms with Crippen molar-refractivity contribution >= 4 is 28.0 Å². The third kappa shape index (κ3) is 5.33. The number of amides is 2. The lowest BCUT2D eigenvalue weighted by Crippen LogP contribution is -2.62. The highest BCUT2D eigenvalue weighted by Gasteiger charge is 2.37. The van der Waals surface area contributed by atoms with Crippen molar-refractivity contribution in [1.82, 2.24) is 14.7 Å². The van der Waals surface area contributed by atoms with E-state index in [1.54, 1.807) is 25.5 Å². The second-order valence-electron chi connectivity index (χ2n) is 9.53. The van der Waals surface area contributed by atoms with Crippen LogP contribution in [0.4, 0.5) is 10.5 Å². The van der Waals surface area contributed by atoms with Crippen LogP contribution in [0.25, 0.3) is 11.1 Å². The van der Waals surface area contributed by atoms with Gasteiger partial charge in [0, 0.05) is 62.7 Å². The number of nitrogens with one attached hydrogen (secondary N) is 1. The molecule has 12 nitrogen and oxygen atoms in total. The first-order valence-electron chi connectivity index (χ1n) is 12.5. The molecule has 13 heteroatoms. The minimum atomic E-state index is -3.78. The van der Waals surface area contributed by atoms with Gasteiger partial charge in [-0.2, -0.15) is 0 Å². The molecule has 0 bridgehead atoms. The molecule has 2 amide bonds. The number of primary sulfonamides is 1. The average Bonchev–Trinajstić information content (AvgIpc) is 3.19. The van der Waals surface area contributed by atoms with E-state index < -0.39 is 15.9 Å². The Morgan fingerprint density at radius 2 is 1.76 bits per heavy atom. The first-order valence-corrected chi connectivity index (χ1v) is 14.1. The number of morpholine rings is 1. The van der Waals surface area contributed by atoms with Crippen LogP contribution in [0.3, 0.4) is 0 Å². The maximum Gasteiger partial charge on any atom is 0.320 e. The number of hydrogen-bond acceptors (Lipinski definition) is 9. The molecule has 0 saturated carbocycles. The van der Waals surface area contributed by atoms with Crippen molar-refractivity contribution in [3.05, 3.63) is 42.0 Å². The number of nitrogens with zero attached hydrogens (tertiary/aromatic N) is 4. The van der Waals surface area contributed by atoms with E-state index in [4.69, 9.17) is 20.3 Å². The molecule has 1 unspecified atom stereocenters. The second-order valence-corrected chi connectivity index (χ2v) is 11.1. The van der Waals surface area contributed by atoms with Gasteiger partial charge < -0.3 is 24.6 Å². The topological polar surface area (TPSA) is 156 Å². The number of carbonyl (C=O) groups excluding carboxylic acids is 1. The summed E-state index contributed by atoms with van der Waals surface area (Å²) in [5, 5.41) is 8.59. The van der Waals surface area contributed by atoms with Gasteiger partial charge in [-0.25, -0.2) is 28.2 Å². The minimum Gasteiger partial charge on any atom is -0.496 e. The summed E-state index contributed by atoms with van der Waals surface area (Å²) in [5.74, 6) is -0.579. The Morgan fingerprint density at radius 3 is 2.45 bits per heavy atom. The van der Waals surface area contributed by atoms with Crippen LogP contribution in [-0.4, -0.2) is 101 Å². The Morgan fingerprint density at radius 1 is 1.05 bits per heavy atom. The largest absolute Gasteiger partial charge is 0.496 e. The zero-order valence-corrected chi connectivity index (χ0v) is 22.1. The number of methoxy groups -OCH3 is 1. The minimum absolute atomic E-state index is 0.0389. The van der Waals surface area contributed by atoms with Gasteiger partial charge in [0.05, 0.1) is 30.9 Å². The SMILES string of the molecule is COc1cc2c(cc1-c1ccc(S(N)(=O)=O)cc1)C=NC(N)(N1CCCN(C(=O)N3CCOCC3)CC1)N2. The molecule has 204 valence electrons. The molecule has 0 aromatic heterocycles. The third-order valence-electron chi connectivity index (χ3n) is 7.11. The highest BCUT2D eigenvalue weighted by Crippen LogP contribution is 2.37. The standard InChI is InChI=1S/C25H33N7O5S/c1-36-23-16-22-19(15-21(23)18-3-5-20(6-4-18)38(27,34)35)17-28-25(26,29-22)32-8-2-7-30(9-10-32)24(33)31-11-13-37-14-12-31/h3-6,15-17,29H,2,7-14,26H2,1H3,(H2,27,34,35). The summed E-state index contributed by atoms with van der Waals surface area (Å²) >= 11 is 0. The van der Waals surface area contributed by atoms with Crippen molar-refractivity contribution in [3.8, 4) is 16.9 Å². The number of fused-ring (bicyclic) bond motifs is 1. The van der Waals surface area contributed by atoms with Crippen molar-refractivity contribution in [2.75, 3.05) is 64.9 Å². The molecule has 1 atom stereocenters. The van der Waals surface area contributed by atoms with Crippen LogP contribution >= 0.6 is 0 Å². The van der Waals surface area contributed by atoms with Crippen LogP contribution in [-0.2, 0) is 14.8 Å². The number of hydrogen-bond donors (Lipinski definition) is 3. The van der Waals surface area contributed by atoms with E-state index in [0.29, 0.717) is 58.2 Å². The van der Waals surface area contributed by atoms with E-state index >= 15 is 0 Å². The average molecular weight is 544 g/mol. The van der Waals surface area contributed by atoms with Gasteiger partial charge in [0.15, 0.2) is 0 Å². The highest BCUT2D eigenvalue weighted by atomic mass is 32.2. The van der Waals surface area contributed by atoms with Gasteiger partial charge >= 0.3 is 6.03 Å². The highest BCUT2D eigenvalue weighted by molar-refractivity contribution is 7.89. The molecule has 5 N–H and O–H groups in total. The number of carbonyl (C=O) groups is 1. The molecule has 3 aliphatic heterocycles. The second kappa shape index (κ2) is 10.5. The van der Waals surface area contributed by atoms with E-state index in [1.165, 1.54) is 12.1 Å². The van der Waals surface area contributed by atoms with E-state index in [9.17, 15) is 13.2 Å².